The van der Waals surface area contributed by atoms with E-state index in [-0.39, 0.29) is 5.91 Å². The molecule has 1 atom stereocenters. The smallest absolute Gasteiger partial charge is 0.239 e. The minimum Gasteiger partial charge on any atom is -0.361 e. The molecule has 5 nitrogen and oxygen atoms in total. The molecule has 17 heavy (non-hydrogen) atoms. The third-order valence-electron chi connectivity index (χ3n) is 2.40. The number of carbonyl (C=O) groups is 1. The molecule has 1 rings (SSSR count). The number of aryl methyl sites for hydroxylation is 1. The zero-order chi connectivity index (χ0) is 12.8. The van der Waals surface area contributed by atoms with Crippen LogP contribution in [0.2, 0.25) is 0 Å². The minimum atomic E-state index is -0.430. The lowest BCUT2D eigenvalue weighted by molar-refractivity contribution is -0.131. The predicted molar refractivity (Wildman–Crippen MR) is 68.7 cm³/mol. The summed E-state index contributed by atoms with van der Waals surface area (Å²) in [6, 6.07) is 1.39. The monoisotopic (exact) mass is 257 g/mol. The van der Waals surface area contributed by atoms with Gasteiger partial charge >= 0.3 is 0 Å². The zero-order valence-corrected chi connectivity index (χ0v) is 11.3. The maximum absolute atomic E-state index is 11.9. The molecule has 1 aromatic heterocycles. The third-order valence-corrected chi connectivity index (χ3v) is 3.05. The van der Waals surface area contributed by atoms with Crippen molar-refractivity contribution in [3.8, 4) is 0 Å². The van der Waals surface area contributed by atoms with E-state index in [1.54, 1.807) is 23.7 Å². The van der Waals surface area contributed by atoms with Gasteiger partial charge in [-0.1, -0.05) is 5.16 Å². The van der Waals surface area contributed by atoms with Crippen molar-refractivity contribution in [2.75, 3.05) is 19.1 Å². The Kier molecular flexibility index (Phi) is 5.50. The molecule has 0 aromatic carbocycles. The normalized spacial score (nSPS) is 12.5. The molecule has 6 heteroatoms. The van der Waals surface area contributed by atoms with Crippen molar-refractivity contribution in [1.82, 2.24) is 10.1 Å². The molecule has 1 amide bonds. The van der Waals surface area contributed by atoms with Gasteiger partial charge in [0.25, 0.3) is 0 Å². The van der Waals surface area contributed by atoms with Gasteiger partial charge in [-0.05, 0) is 25.4 Å². The minimum absolute atomic E-state index is 0.0558. The fourth-order valence-electron chi connectivity index (χ4n) is 1.46. The molecule has 1 heterocycles. The highest BCUT2D eigenvalue weighted by atomic mass is 32.2. The van der Waals surface area contributed by atoms with Crippen molar-refractivity contribution < 1.29 is 9.32 Å². The Hall–Kier alpha value is -1.01. The average molecular weight is 257 g/mol. The van der Waals surface area contributed by atoms with Crippen LogP contribution in [0.3, 0.4) is 0 Å². The molecule has 0 aliphatic heterocycles. The lowest BCUT2D eigenvalue weighted by atomic mass is 10.2. The largest absolute Gasteiger partial charge is 0.361 e. The van der Waals surface area contributed by atoms with Gasteiger partial charge in [0.2, 0.25) is 5.91 Å². The number of hydrogen-bond donors (Lipinski definition) is 1. The van der Waals surface area contributed by atoms with Crippen LogP contribution in [0.15, 0.2) is 10.6 Å². The van der Waals surface area contributed by atoms with E-state index >= 15 is 0 Å². The molecule has 0 radical (unpaired) electrons. The van der Waals surface area contributed by atoms with Gasteiger partial charge in [0.1, 0.15) is 11.5 Å². The van der Waals surface area contributed by atoms with Gasteiger partial charge in [0.15, 0.2) is 0 Å². The van der Waals surface area contributed by atoms with E-state index in [2.05, 4.69) is 5.16 Å². The summed E-state index contributed by atoms with van der Waals surface area (Å²) in [6.45, 7) is 2.26. The molecule has 96 valence electrons. The topological polar surface area (TPSA) is 72.4 Å². The van der Waals surface area contributed by atoms with E-state index in [0.717, 1.165) is 17.2 Å². The first-order chi connectivity index (χ1) is 8.04. The Bertz CT molecular complexity index is 367. The predicted octanol–water partition coefficient (Wildman–Crippen LogP) is 1.02. The van der Waals surface area contributed by atoms with Gasteiger partial charge in [-0.15, -0.1) is 0 Å². The molecule has 0 saturated heterocycles. The number of amides is 1. The maximum atomic E-state index is 11.9. The van der Waals surface area contributed by atoms with E-state index in [0.29, 0.717) is 13.0 Å². The SMILES string of the molecule is CSCC[C@@H](N)C(=O)N(C)Cc1cc(C)on1. The summed E-state index contributed by atoms with van der Waals surface area (Å²) in [5.41, 5.74) is 6.56. The number of carbonyl (C=O) groups excluding carboxylic acids is 1. The average Bonchev–Trinajstić information content (AvgIpc) is 2.70. The number of nitrogens with zero attached hydrogens (tertiary/aromatic N) is 2. The molecular formula is C11H19N3O2S. The molecule has 0 spiro atoms. The van der Waals surface area contributed by atoms with Crippen LogP contribution in [-0.2, 0) is 11.3 Å². The standard InChI is InChI=1S/C11H19N3O2S/c1-8-6-9(13-16-8)7-14(2)11(15)10(12)4-5-17-3/h6,10H,4-5,7,12H2,1-3H3/t10-/m1/s1. The van der Waals surface area contributed by atoms with Crippen LogP contribution in [0, 0.1) is 6.92 Å². The molecule has 0 saturated carbocycles. The van der Waals surface area contributed by atoms with E-state index in [4.69, 9.17) is 10.3 Å². The van der Waals surface area contributed by atoms with Gasteiger partial charge in [0.05, 0.1) is 12.6 Å². The number of likely N-dealkylation sites (N-methyl/N-ethyl adjacent to an activating group) is 1. The summed E-state index contributed by atoms with van der Waals surface area (Å²) in [6.07, 6.45) is 2.70. The van der Waals surface area contributed by atoms with Crippen molar-refractivity contribution in [3.63, 3.8) is 0 Å². The summed E-state index contributed by atoms with van der Waals surface area (Å²) in [7, 11) is 1.73. The first-order valence-electron chi connectivity index (χ1n) is 5.46. The molecular weight excluding hydrogens is 238 g/mol. The summed E-state index contributed by atoms with van der Waals surface area (Å²) in [5, 5.41) is 3.85. The fraction of sp³-hybridized carbons (Fsp3) is 0.636. The van der Waals surface area contributed by atoms with Gasteiger partial charge in [-0.2, -0.15) is 11.8 Å². The number of hydrogen-bond acceptors (Lipinski definition) is 5. The summed E-state index contributed by atoms with van der Waals surface area (Å²) < 4.78 is 4.95. The Morgan fingerprint density at radius 3 is 2.94 bits per heavy atom. The van der Waals surface area contributed by atoms with Crippen molar-refractivity contribution >= 4 is 17.7 Å². The first kappa shape index (κ1) is 14.1. The molecule has 0 fully saturated rings. The highest BCUT2D eigenvalue weighted by Crippen LogP contribution is 2.07. The van der Waals surface area contributed by atoms with Crippen molar-refractivity contribution in [2.24, 2.45) is 5.73 Å². The summed E-state index contributed by atoms with van der Waals surface area (Å²) in [5.74, 6) is 1.58. The van der Waals surface area contributed by atoms with E-state index in [9.17, 15) is 4.79 Å². The molecule has 0 aliphatic rings. The number of aromatic nitrogens is 1. The Morgan fingerprint density at radius 1 is 1.71 bits per heavy atom. The lowest BCUT2D eigenvalue weighted by Crippen LogP contribution is -2.41. The zero-order valence-electron chi connectivity index (χ0n) is 10.5. The summed E-state index contributed by atoms with van der Waals surface area (Å²) >= 11 is 1.69. The van der Waals surface area contributed by atoms with Gasteiger partial charge in [0, 0.05) is 13.1 Å². The summed E-state index contributed by atoms with van der Waals surface area (Å²) in [4.78, 5) is 13.5. The van der Waals surface area contributed by atoms with Crippen LogP contribution in [0.4, 0.5) is 0 Å². The molecule has 0 unspecified atom stereocenters. The van der Waals surface area contributed by atoms with E-state index in [1.165, 1.54) is 0 Å². The van der Waals surface area contributed by atoms with E-state index in [1.807, 2.05) is 19.2 Å². The Morgan fingerprint density at radius 2 is 2.41 bits per heavy atom. The molecule has 1 aromatic rings. The number of thioether (sulfide) groups is 1. The van der Waals surface area contributed by atoms with Crippen LogP contribution in [-0.4, -0.2) is 41.1 Å². The Labute approximate surface area is 106 Å². The third kappa shape index (κ3) is 4.40. The van der Waals surface area contributed by atoms with E-state index < -0.39 is 6.04 Å². The van der Waals surface area contributed by atoms with Gasteiger partial charge < -0.3 is 15.2 Å². The number of nitrogens with two attached hydrogens (primary N) is 1. The second-order valence-electron chi connectivity index (χ2n) is 4.01. The van der Waals surface area contributed by atoms with Crippen LogP contribution >= 0.6 is 11.8 Å². The van der Waals surface area contributed by atoms with Crippen molar-refractivity contribution in [1.29, 1.82) is 0 Å². The fourth-order valence-corrected chi connectivity index (χ4v) is 1.95. The van der Waals surface area contributed by atoms with Crippen molar-refractivity contribution in [3.05, 3.63) is 17.5 Å². The number of rotatable bonds is 6. The van der Waals surface area contributed by atoms with Crippen LogP contribution in [0.25, 0.3) is 0 Å². The first-order valence-corrected chi connectivity index (χ1v) is 6.85. The van der Waals surface area contributed by atoms with Crippen LogP contribution in [0.5, 0.6) is 0 Å². The quantitative estimate of drug-likeness (QED) is 0.824. The van der Waals surface area contributed by atoms with Crippen LogP contribution < -0.4 is 5.73 Å². The molecule has 2 N–H and O–H groups in total. The Balaban J connectivity index is 2.46. The van der Waals surface area contributed by atoms with Gasteiger partial charge in [-0.3, -0.25) is 4.79 Å². The second kappa shape index (κ2) is 6.66. The maximum Gasteiger partial charge on any atom is 0.239 e. The highest BCUT2D eigenvalue weighted by Gasteiger charge is 2.18. The van der Waals surface area contributed by atoms with Gasteiger partial charge in [-0.25, -0.2) is 0 Å². The lowest BCUT2D eigenvalue weighted by Gasteiger charge is -2.19. The van der Waals surface area contributed by atoms with Crippen molar-refractivity contribution in [2.45, 2.75) is 25.9 Å². The highest BCUT2D eigenvalue weighted by molar-refractivity contribution is 7.98. The second-order valence-corrected chi connectivity index (χ2v) is 5.00. The van der Waals surface area contributed by atoms with Crippen LogP contribution in [0.1, 0.15) is 17.9 Å². The molecule has 0 aliphatic carbocycles. The molecule has 0 bridgehead atoms.